The molecule has 0 saturated heterocycles. The molecule has 0 aromatic heterocycles. The number of nitrogens with two attached hydrogens (primary N) is 1. The number of aliphatic hydroxyl groups is 1. The van der Waals surface area contributed by atoms with E-state index in [1.165, 1.54) is 27.8 Å². The SMILES string of the molecule is Cc1c(C)c(C)c([C@H](N)[C@@H](C)O)c(C)c1C.Cl. The lowest BCUT2D eigenvalue weighted by Gasteiger charge is -2.24. The molecule has 0 amide bonds. The van der Waals surface area contributed by atoms with Crippen LogP contribution in [0.4, 0.5) is 0 Å². The predicted octanol–water partition coefficient (Wildman–Crippen LogP) is 3.03. The van der Waals surface area contributed by atoms with E-state index in [1.807, 2.05) is 0 Å². The molecule has 98 valence electrons. The summed E-state index contributed by atoms with van der Waals surface area (Å²) in [6.07, 6.45) is -0.515. The maximum absolute atomic E-state index is 9.65. The van der Waals surface area contributed by atoms with E-state index in [9.17, 15) is 5.11 Å². The molecule has 0 spiro atoms. The van der Waals surface area contributed by atoms with Crippen molar-refractivity contribution in [1.82, 2.24) is 0 Å². The minimum absolute atomic E-state index is 0. The summed E-state index contributed by atoms with van der Waals surface area (Å²) < 4.78 is 0. The van der Waals surface area contributed by atoms with Crippen molar-refractivity contribution >= 4 is 12.4 Å². The van der Waals surface area contributed by atoms with E-state index in [4.69, 9.17) is 5.73 Å². The van der Waals surface area contributed by atoms with Gasteiger partial charge in [-0.3, -0.25) is 0 Å². The molecule has 1 aromatic carbocycles. The first kappa shape index (κ1) is 16.4. The number of benzene rings is 1. The van der Waals surface area contributed by atoms with Crippen LogP contribution in [0.5, 0.6) is 0 Å². The van der Waals surface area contributed by atoms with Gasteiger partial charge in [0, 0.05) is 0 Å². The third-order valence-electron chi connectivity index (χ3n) is 3.91. The maximum atomic E-state index is 9.65. The summed E-state index contributed by atoms with van der Waals surface area (Å²) in [5.41, 5.74) is 13.5. The van der Waals surface area contributed by atoms with Crippen LogP contribution in [0.1, 0.15) is 46.3 Å². The Labute approximate surface area is 111 Å². The fraction of sp³-hybridized carbons (Fsp3) is 0.571. The van der Waals surface area contributed by atoms with E-state index in [0.717, 1.165) is 5.56 Å². The highest BCUT2D eigenvalue weighted by molar-refractivity contribution is 5.85. The molecule has 1 rings (SSSR count). The molecular weight excluding hydrogens is 234 g/mol. The van der Waals surface area contributed by atoms with Crippen molar-refractivity contribution in [3.8, 4) is 0 Å². The molecule has 2 nitrogen and oxygen atoms in total. The number of hydrogen-bond donors (Lipinski definition) is 2. The molecule has 0 aliphatic carbocycles. The molecule has 0 bridgehead atoms. The predicted molar refractivity (Wildman–Crippen MR) is 76.0 cm³/mol. The zero-order chi connectivity index (χ0) is 12.6. The average Bonchev–Trinajstić information content (AvgIpc) is 2.23. The Kier molecular flexibility index (Phi) is 5.66. The number of rotatable bonds is 2. The van der Waals surface area contributed by atoms with Gasteiger partial charge in [0.25, 0.3) is 0 Å². The first-order valence-corrected chi connectivity index (χ1v) is 5.79. The van der Waals surface area contributed by atoms with Gasteiger partial charge in [-0.2, -0.15) is 0 Å². The minimum atomic E-state index is -0.515. The lowest BCUT2D eigenvalue weighted by Crippen LogP contribution is -2.26. The van der Waals surface area contributed by atoms with Crippen molar-refractivity contribution in [3.63, 3.8) is 0 Å². The zero-order valence-electron chi connectivity index (χ0n) is 11.6. The second-order valence-electron chi connectivity index (χ2n) is 4.81. The van der Waals surface area contributed by atoms with Crippen molar-refractivity contribution < 1.29 is 5.11 Å². The van der Waals surface area contributed by atoms with Crippen molar-refractivity contribution in [2.75, 3.05) is 0 Å². The third-order valence-corrected chi connectivity index (χ3v) is 3.91. The average molecular weight is 258 g/mol. The van der Waals surface area contributed by atoms with Gasteiger partial charge in [0.1, 0.15) is 0 Å². The first-order valence-electron chi connectivity index (χ1n) is 5.79. The zero-order valence-corrected chi connectivity index (χ0v) is 12.4. The van der Waals surface area contributed by atoms with Crippen LogP contribution in [-0.4, -0.2) is 11.2 Å². The number of hydrogen-bond acceptors (Lipinski definition) is 2. The standard InChI is InChI=1S/C14H23NO.ClH/c1-7-8(2)10(4)13(11(5)9(7)3)14(15)12(6)16;/h12,14,16H,15H2,1-6H3;1H/t12-,14-;/m1./s1. The highest BCUT2D eigenvalue weighted by atomic mass is 35.5. The Morgan fingerprint density at radius 3 is 1.41 bits per heavy atom. The van der Waals surface area contributed by atoms with E-state index in [1.54, 1.807) is 6.92 Å². The van der Waals surface area contributed by atoms with Crippen LogP contribution >= 0.6 is 12.4 Å². The molecule has 17 heavy (non-hydrogen) atoms. The Morgan fingerprint density at radius 1 is 0.824 bits per heavy atom. The summed E-state index contributed by atoms with van der Waals surface area (Å²) >= 11 is 0. The molecule has 0 aliphatic heterocycles. The van der Waals surface area contributed by atoms with Crippen molar-refractivity contribution in [2.24, 2.45) is 5.73 Å². The molecule has 3 N–H and O–H groups in total. The van der Waals surface area contributed by atoms with Crippen LogP contribution in [-0.2, 0) is 0 Å². The smallest absolute Gasteiger partial charge is 0.0704 e. The Balaban J connectivity index is 0.00000256. The summed E-state index contributed by atoms with van der Waals surface area (Å²) in [4.78, 5) is 0. The van der Waals surface area contributed by atoms with Gasteiger partial charge >= 0.3 is 0 Å². The van der Waals surface area contributed by atoms with Gasteiger partial charge in [-0.1, -0.05) is 0 Å². The summed E-state index contributed by atoms with van der Waals surface area (Å²) in [7, 11) is 0. The van der Waals surface area contributed by atoms with E-state index in [0.29, 0.717) is 0 Å². The van der Waals surface area contributed by atoms with Gasteiger partial charge in [0.2, 0.25) is 0 Å². The van der Waals surface area contributed by atoms with Crippen LogP contribution in [0.3, 0.4) is 0 Å². The molecule has 0 fully saturated rings. The van der Waals surface area contributed by atoms with E-state index < -0.39 is 6.10 Å². The molecule has 0 radical (unpaired) electrons. The monoisotopic (exact) mass is 257 g/mol. The lowest BCUT2D eigenvalue weighted by atomic mass is 9.85. The molecular formula is C14H24ClNO. The highest BCUT2D eigenvalue weighted by Crippen LogP contribution is 2.30. The van der Waals surface area contributed by atoms with Gasteiger partial charge in [0.15, 0.2) is 0 Å². The molecule has 3 heteroatoms. The molecule has 1 aromatic rings. The third kappa shape index (κ3) is 2.82. The maximum Gasteiger partial charge on any atom is 0.0704 e. The Morgan fingerprint density at radius 2 is 1.12 bits per heavy atom. The summed E-state index contributed by atoms with van der Waals surface area (Å²) in [6, 6.07) is -0.294. The minimum Gasteiger partial charge on any atom is -0.391 e. The molecule has 0 aliphatic rings. The van der Waals surface area contributed by atoms with Crippen LogP contribution in [0.25, 0.3) is 0 Å². The summed E-state index contributed by atoms with van der Waals surface area (Å²) in [5, 5.41) is 9.65. The largest absolute Gasteiger partial charge is 0.391 e. The van der Waals surface area contributed by atoms with Crippen LogP contribution in [0, 0.1) is 34.6 Å². The number of aliphatic hydroxyl groups excluding tert-OH is 1. The fourth-order valence-electron chi connectivity index (χ4n) is 2.27. The quantitative estimate of drug-likeness (QED) is 0.856. The normalized spacial score (nSPS) is 14.1. The second kappa shape index (κ2) is 5.85. The fourth-order valence-corrected chi connectivity index (χ4v) is 2.27. The molecule has 0 unspecified atom stereocenters. The van der Waals surface area contributed by atoms with Gasteiger partial charge in [-0.25, -0.2) is 0 Å². The Hall–Kier alpha value is -0.570. The topological polar surface area (TPSA) is 46.2 Å². The van der Waals surface area contributed by atoms with Crippen LogP contribution in [0.2, 0.25) is 0 Å². The molecule has 2 atom stereocenters. The molecule has 0 saturated carbocycles. The lowest BCUT2D eigenvalue weighted by molar-refractivity contribution is 0.163. The Bertz CT molecular complexity index is 384. The van der Waals surface area contributed by atoms with Gasteiger partial charge in [-0.05, 0) is 74.9 Å². The second-order valence-corrected chi connectivity index (χ2v) is 4.81. The number of halogens is 1. The van der Waals surface area contributed by atoms with Gasteiger partial charge < -0.3 is 10.8 Å². The summed E-state index contributed by atoms with van der Waals surface area (Å²) in [5.74, 6) is 0. The molecule has 0 heterocycles. The highest BCUT2D eigenvalue weighted by Gasteiger charge is 2.20. The summed E-state index contributed by atoms with van der Waals surface area (Å²) in [6.45, 7) is 12.3. The van der Waals surface area contributed by atoms with Crippen LogP contribution in [0.15, 0.2) is 0 Å². The van der Waals surface area contributed by atoms with Crippen molar-refractivity contribution in [1.29, 1.82) is 0 Å². The van der Waals surface area contributed by atoms with E-state index >= 15 is 0 Å². The van der Waals surface area contributed by atoms with E-state index in [-0.39, 0.29) is 18.4 Å². The first-order chi connectivity index (χ1) is 7.29. The van der Waals surface area contributed by atoms with Gasteiger partial charge in [-0.15, -0.1) is 12.4 Å². The van der Waals surface area contributed by atoms with E-state index in [2.05, 4.69) is 34.6 Å². The van der Waals surface area contributed by atoms with Crippen molar-refractivity contribution in [2.45, 2.75) is 53.7 Å². The van der Waals surface area contributed by atoms with Crippen LogP contribution < -0.4 is 5.73 Å². The van der Waals surface area contributed by atoms with Crippen molar-refractivity contribution in [3.05, 3.63) is 33.4 Å². The van der Waals surface area contributed by atoms with Gasteiger partial charge in [0.05, 0.1) is 12.1 Å².